The number of methoxy groups -OCH3 is 2. The van der Waals surface area contributed by atoms with Crippen molar-refractivity contribution >= 4 is 24.5 Å². The van der Waals surface area contributed by atoms with Crippen LogP contribution in [0.25, 0.3) is 0 Å². The number of ether oxygens (including phenoxy) is 4. The van der Waals surface area contributed by atoms with E-state index in [1.165, 1.54) is 52.3 Å². The van der Waals surface area contributed by atoms with Gasteiger partial charge in [0, 0.05) is 25.3 Å². The largest absolute Gasteiger partial charge is 2.00 e. The Hall–Kier alpha value is -3.06. The van der Waals surface area contributed by atoms with E-state index in [9.17, 15) is 19.2 Å². The van der Waals surface area contributed by atoms with Gasteiger partial charge in [0.1, 0.15) is 0 Å². The molecule has 148 valence electrons. The monoisotopic (exact) mass is 450 g/mol. The molecule has 0 unspecified atom stereocenters. The van der Waals surface area contributed by atoms with E-state index in [1.807, 2.05) is 0 Å². The van der Waals surface area contributed by atoms with Crippen LogP contribution in [-0.4, -0.2) is 38.7 Å². The Kier molecular flexibility index (Phi) is 11.8. The van der Waals surface area contributed by atoms with Crippen LogP contribution in [-0.2, 0) is 29.1 Å². The number of aldehydes is 2. The molecule has 0 aliphatic carbocycles. The Bertz CT molecular complexity index is 792. The Morgan fingerprint density at radius 2 is 1.14 bits per heavy atom. The zero-order valence-electron chi connectivity index (χ0n) is 16.4. The van der Waals surface area contributed by atoms with E-state index in [0.717, 1.165) is 0 Å². The van der Waals surface area contributed by atoms with Crippen LogP contribution in [0.15, 0.2) is 24.3 Å². The summed E-state index contributed by atoms with van der Waals surface area (Å²) in [6.07, 6.45) is 1.33. The van der Waals surface area contributed by atoms with Crippen molar-refractivity contribution in [2.45, 2.75) is 13.8 Å². The second kappa shape index (κ2) is 13.2. The summed E-state index contributed by atoms with van der Waals surface area (Å²) in [5.41, 5.74) is 0.829. The van der Waals surface area contributed by atoms with E-state index in [2.05, 4.69) is 12.1 Å². The first kappa shape index (κ1) is 25.9. The van der Waals surface area contributed by atoms with Crippen LogP contribution in [0.3, 0.4) is 0 Å². The molecule has 9 heteroatoms. The molecule has 0 aliphatic heterocycles. The Labute approximate surface area is 180 Å². The molecule has 0 aliphatic rings. The third-order valence-corrected chi connectivity index (χ3v) is 2.99. The van der Waals surface area contributed by atoms with E-state index in [-0.39, 0.29) is 31.0 Å². The zero-order valence-corrected chi connectivity index (χ0v) is 19.4. The molecule has 0 saturated heterocycles. The van der Waals surface area contributed by atoms with E-state index in [1.54, 1.807) is 0 Å². The Morgan fingerprint density at radius 1 is 0.793 bits per heavy atom. The molecule has 2 aromatic rings. The minimum atomic E-state index is -0.460. The molecular weight excluding hydrogens is 434 g/mol. The van der Waals surface area contributed by atoms with Crippen LogP contribution in [0, 0.1) is 12.1 Å². The standard InChI is InChI=1S/2C10H9O4.Zn/c2*1-7(12)14-9-4-3-8(6-11)5-10(9)13-2;/h2*3,5-6H,1-2H3;/q2*-1;+2. The van der Waals surface area contributed by atoms with Crippen LogP contribution in [0.2, 0.25) is 0 Å². The summed E-state index contributed by atoms with van der Waals surface area (Å²) < 4.78 is 19.4. The summed E-state index contributed by atoms with van der Waals surface area (Å²) in [7, 11) is 2.84. The maximum atomic E-state index is 10.7. The van der Waals surface area contributed by atoms with Gasteiger partial charge in [-0.1, -0.05) is 11.1 Å². The van der Waals surface area contributed by atoms with Crippen LogP contribution < -0.4 is 18.9 Å². The van der Waals surface area contributed by atoms with E-state index < -0.39 is 11.9 Å². The second-order valence-electron chi connectivity index (χ2n) is 5.08. The number of rotatable bonds is 6. The van der Waals surface area contributed by atoms with Gasteiger partial charge < -0.3 is 28.5 Å². The molecule has 0 N–H and O–H groups in total. The van der Waals surface area contributed by atoms with Gasteiger partial charge in [0.15, 0.2) is 0 Å². The third-order valence-electron chi connectivity index (χ3n) is 2.99. The average molecular weight is 452 g/mol. The predicted octanol–water partition coefficient (Wildman–Crippen LogP) is 2.46. The summed E-state index contributed by atoms with van der Waals surface area (Å²) in [4.78, 5) is 42.2. The van der Waals surface area contributed by atoms with Crippen molar-refractivity contribution in [3.63, 3.8) is 0 Å². The first-order valence-corrected chi connectivity index (χ1v) is 7.81. The molecule has 0 atom stereocenters. The van der Waals surface area contributed by atoms with Gasteiger partial charge in [-0.05, 0) is 0 Å². The van der Waals surface area contributed by atoms with Gasteiger partial charge in [0.2, 0.25) is 0 Å². The molecule has 0 spiro atoms. The number of hydrogen-bond acceptors (Lipinski definition) is 8. The summed E-state index contributed by atoms with van der Waals surface area (Å²) in [6, 6.07) is 11.1. The van der Waals surface area contributed by atoms with Crippen molar-refractivity contribution in [2.24, 2.45) is 0 Å². The Morgan fingerprint density at radius 3 is 1.38 bits per heavy atom. The SMILES string of the molecule is COc1cc(C=O)c[c-]c1OC(C)=O.COc1cc(C=O)c[c-]c1OC(C)=O.[Zn+2]. The smallest absolute Gasteiger partial charge is 0.551 e. The summed E-state index contributed by atoms with van der Waals surface area (Å²) >= 11 is 0. The molecule has 8 nitrogen and oxygen atoms in total. The van der Waals surface area contributed by atoms with Crippen molar-refractivity contribution in [3.05, 3.63) is 47.5 Å². The Balaban J connectivity index is 0.000000523. The molecule has 0 aromatic heterocycles. The fourth-order valence-corrected chi connectivity index (χ4v) is 1.84. The number of esters is 2. The van der Waals surface area contributed by atoms with Crippen molar-refractivity contribution in [3.8, 4) is 23.0 Å². The van der Waals surface area contributed by atoms with E-state index >= 15 is 0 Å². The number of carbonyl (C=O) groups excluding carboxylic acids is 4. The molecule has 2 aromatic carbocycles. The second-order valence-corrected chi connectivity index (χ2v) is 5.08. The van der Waals surface area contributed by atoms with Gasteiger partial charge >= 0.3 is 31.4 Å². The average Bonchev–Trinajstić information content (AvgIpc) is 2.68. The van der Waals surface area contributed by atoms with Gasteiger partial charge in [0.25, 0.3) is 0 Å². The van der Waals surface area contributed by atoms with Gasteiger partial charge in [-0.15, -0.1) is 24.3 Å². The van der Waals surface area contributed by atoms with E-state index in [0.29, 0.717) is 35.2 Å². The van der Waals surface area contributed by atoms with Gasteiger partial charge in [0.05, 0.1) is 38.3 Å². The van der Waals surface area contributed by atoms with Crippen molar-refractivity contribution < 1.29 is 57.6 Å². The fraction of sp³-hybridized carbons (Fsp3) is 0.200. The number of benzene rings is 2. The van der Waals surface area contributed by atoms with E-state index in [4.69, 9.17) is 18.9 Å². The van der Waals surface area contributed by atoms with Crippen molar-refractivity contribution in [1.29, 1.82) is 0 Å². The quantitative estimate of drug-likeness (QED) is 0.217. The number of carbonyl (C=O) groups is 4. The molecule has 0 heterocycles. The van der Waals surface area contributed by atoms with Crippen LogP contribution in [0.4, 0.5) is 0 Å². The van der Waals surface area contributed by atoms with Crippen LogP contribution >= 0.6 is 0 Å². The minimum absolute atomic E-state index is 0. The number of hydrogen-bond donors (Lipinski definition) is 0. The van der Waals surface area contributed by atoms with Crippen LogP contribution in [0.1, 0.15) is 34.6 Å². The fourth-order valence-electron chi connectivity index (χ4n) is 1.84. The molecule has 0 radical (unpaired) electrons. The van der Waals surface area contributed by atoms with Crippen LogP contribution in [0.5, 0.6) is 23.0 Å². The molecular formula is C20H18O8Zn. The van der Waals surface area contributed by atoms with Gasteiger partial charge in [-0.3, -0.25) is 9.59 Å². The first-order valence-electron chi connectivity index (χ1n) is 7.81. The topological polar surface area (TPSA) is 105 Å². The minimum Gasteiger partial charge on any atom is -0.551 e. The first-order chi connectivity index (χ1) is 13.3. The van der Waals surface area contributed by atoms with Crippen molar-refractivity contribution in [2.75, 3.05) is 14.2 Å². The maximum absolute atomic E-state index is 10.7. The molecule has 0 amide bonds. The summed E-state index contributed by atoms with van der Waals surface area (Å²) in [5.74, 6) is 0.0719. The normalized spacial score (nSPS) is 8.97. The molecule has 29 heavy (non-hydrogen) atoms. The molecule has 0 bridgehead atoms. The predicted molar refractivity (Wildman–Crippen MR) is 97.1 cm³/mol. The third kappa shape index (κ3) is 8.66. The zero-order chi connectivity index (χ0) is 21.1. The molecule has 0 saturated carbocycles. The van der Waals surface area contributed by atoms with Gasteiger partial charge in [-0.2, -0.15) is 12.1 Å². The summed E-state index contributed by atoms with van der Waals surface area (Å²) in [6.45, 7) is 2.56. The van der Waals surface area contributed by atoms with Crippen molar-refractivity contribution in [1.82, 2.24) is 0 Å². The molecule has 0 fully saturated rings. The molecule has 2 rings (SSSR count). The maximum Gasteiger partial charge on any atom is 2.00 e. The van der Waals surface area contributed by atoms with Gasteiger partial charge in [-0.25, -0.2) is 0 Å². The summed E-state index contributed by atoms with van der Waals surface area (Å²) in [5, 5.41) is 0.